The Hall–Kier alpha value is -0.530. The van der Waals surface area contributed by atoms with Crippen molar-refractivity contribution in [3.8, 4) is 0 Å². The maximum absolute atomic E-state index is 10.9. The maximum atomic E-state index is 10.9. The maximum Gasteiger partial charge on any atom is 0.305 e. The summed E-state index contributed by atoms with van der Waals surface area (Å²) < 4.78 is 4.81. The van der Waals surface area contributed by atoms with Gasteiger partial charge in [-0.15, -0.1) is 0 Å². The number of hydrogen-bond donors (Lipinski definition) is 0. The molecule has 0 saturated heterocycles. The molecule has 2 nitrogen and oxygen atoms in total. The summed E-state index contributed by atoms with van der Waals surface area (Å²) in [6, 6.07) is 0. The van der Waals surface area contributed by atoms with E-state index in [1.807, 2.05) is 6.92 Å². The Morgan fingerprint density at radius 2 is 0.700 bits per heavy atom. The Morgan fingerprint density at radius 3 is 0.967 bits per heavy atom. The molecule has 2 heteroatoms. The van der Waals surface area contributed by atoms with Crippen LogP contribution in [0.25, 0.3) is 0 Å². The van der Waals surface area contributed by atoms with Crippen LogP contribution in [0.3, 0.4) is 0 Å². The SMILES string of the molecule is CCCCCC.CCCCCC.CCCCCC.CCCCCCCC(=O)OCC. The number of hydrogen-bond acceptors (Lipinski definition) is 2. The van der Waals surface area contributed by atoms with Crippen molar-refractivity contribution < 1.29 is 9.53 Å². The topological polar surface area (TPSA) is 26.3 Å². The van der Waals surface area contributed by atoms with Gasteiger partial charge in [0.25, 0.3) is 0 Å². The van der Waals surface area contributed by atoms with Crippen molar-refractivity contribution in [1.29, 1.82) is 0 Å². The monoisotopic (exact) mass is 430 g/mol. The molecule has 0 radical (unpaired) electrons. The second-order valence-electron chi connectivity index (χ2n) is 8.09. The molecule has 0 atom stereocenters. The molecule has 0 aromatic heterocycles. The number of rotatable bonds is 16. The van der Waals surface area contributed by atoms with Gasteiger partial charge in [0.05, 0.1) is 6.61 Å². The minimum Gasteiger partial charge on any atom is -0.466 e. The third-order valence-electron chi connectivity index (χ3n) is 4.66. The van der Waals surface area contributed by atoms with Crippen molar-refractivity contribution in [2.45, 2.75) is 171 Å². The number of carbonyl (C=O) groups is 1. The Labute approximate surface area is 193 Å². The van der Waals surface area contributed by atoms with E-state index in [-0.39, 0.29) is 5.97 Å². The van der Waals surface area contributed by atoms with Gasteiger partial charge in [-0.2, -0.15) is 0 Å². The van der Waals surface area contributed by atoms with Crippen LogP contribution in [0.1, 0.15) is 171 Å². The first-order chi connectivity index (χ1) is 14.6. The van der Waals surface area contributed by atoms with Gasteiger partial charge < -0.3 is 4.74 Å². The molecule has 0 fully saturated rings. The summed E-state index contributed by atoms with van der Waals surface area (Å²) in [6.45, 7) is 17.9. The van der Waals surface area contributed by atoms with E-state index >= 15 is 0 Å². The van der Waals surface area contributed by atoms with Crippen LogP contribution in [-0.4, -0.2) is 12.6 Å². The fourth-order valence-corrected chi connectivity index (χ4v) is 2.61. The zero-order chi connectivity index (χ0) is 23.7. The van der Waals surface area contributed by atoms with Gasteiger partial charge >= 0.3 is 5.97 Å². The number of esters is 1. The summed E-state index contributed by atoms with van der Waals surface area (Å²) in [5, 5.41) is 0. The van der Waals surface area contributed by atoms with Gasteiger partial charge in [0.15, 0.2) is 0 Å². The third-order valence-corrected chi connectivity index (χ3v) is 4.66. The number of unbranched alkanes of at least 4 members (excludes halogenated alkanes) is 13. The van der Waals surface area contributed by atoms with E-state index in [9.17, 15) is 4.79 Å². The highest BCUT2D eigenvalue weighted by atomic mass is 16.5. The molecule has 0 aromatic carbocycles. The average molecular weight is 431 g/mol. The first-order valence-corrected chi connectivity index (χ1v) is 13.7. The van der Waals surface area contributed by atoms with E-state index in [0.717, 1.165) is 12.8 Å². The zero-order valence-electron chi connectivity index (χ0n) is 22.8. The van der Waals surface area contributed by atoms with Crippen molar-refractivity contribution in [1.82, 2.24) is 0 Å². The van der Waals surface area contributed by atoms with Gasteiger partial charge in [-0.3, -0.25) is 4.79 Å². The predicted octanol–water partition coefficient (Wildman–Crippen LogP) is 10.7. The fourth-order valence-electron chi connectivity index (χ4n) is 2.61. The second-order valence-corrected chi connectivity index (χ2v) is 8.09. The summed E-state index contributed by atoms with van der Waals surface area (Å²) in [7, 11) is 0. The van der Waals surface area contributed by atoms with Crippen LogP contribution >= 0.6 is 0 Å². The minimum absolute atomic E-state index is 0.0472. The summed E-state index contributed by atoms with van der Waals surface area (Å²) in [6.07, 6.45) is 23.1. The lowest BCUT2D eigenvalue weighted by Crippen LogP contribution is -2.02. The first-order valence-electron chi connectivity index (χ1n) is 13.7. The molecule has 0 saturated carbocycles. The summed E-state index contributed by atoms with van der Waals surface area (Å²) in [5.74, 6) is -0.0472. The molecule has 0 rings (SSSR count). The summed E-state index contributed by atoms with van der Waals surface area (Å²) in [5.41, 5.74) is 0. The lowest BCUT2D eigenvalue weighted by molar-refractivity contribution is -0.143. The van der Waals surface area contributed by atoms with E-state index in [0.29, 0.717) is 13.0 Å². The normalized spacial score (nSPS) is 9.33. The molecule has 0 aromatic rings. The standard InChI is InChI=1S/C10H20O2.3C6H14/c1-3-5-6-7-8-9-10(11)12-4-2;3*1-3-5-6-4-2/h3-9H2,1-2H3;3*3-6H2,1-2H3. The Kier molecular flexibility index (Phi) is 52.2. The van der Waals surface area contributed by atoms with E-state index in [1.165, 1.54) is 96.3 Å². The minimum atomic E-state index is -0.0472. The van der Waals surface area contributed by atoms with Crippen molar-refractivity contribution in [3.05, 3.63) is 0 Å². The van der Waals surface area contributed by atoms with Crippen LogP contribution in [0.15, 0.2) is 0 Å². The third kappa shape index (κ3) is 56.4. The lowest BCUT2D eigenvalue weighted by atomic mass is 10.1. The van der Waals surface area contributed by atoms with E-state index < -0.39 is 0 Å². The Bertz CT molecular complexity index is 220. The Balaban J connectivity index is -0.000000161. The van der Waals surface area contributed by atoms with Gasteiger partial charge in [-0.05, 0) is 13.3 Å². The lowest BCUT2D eigenvalue weighted by Gasteiger charge is -2.00. The highest BCUT2D eigenvalue weighted by Crippen LogP contribution is 2.05. The molecule has 0 aliphatic rings. The highest BCUT2D eigenvalue weighted by molar-refractivity contribution is 5.69. The Morgan fingerprint density at radius 1 is 0.433 bits per heavy atom. The average Bonchev–Trinajstić information content (AvgIpc) is 2.76. The largest absolute Gasteiger partial charge is 0.466 e. The van der Waals surface area contributed by atoms with Crippen LogP contribution in [0.5, 0.6) is 0 Å². The molecular weight excluding hydrogens is 368 g/mol. The predicted molar refractivity (Wildman–Crippen MR) is 139 cm³/mol. The molecule has 186 valence electrons. The van der Waals surface area contributed by atoms with Crippen molar-refractivity contribution in [2.24, 2.45) is 0 Å². The molecule has 0 aliphatic carbocycles. The summed E-state index contributed by atoms with van der Waals surface area (Å²) >= 11 is 0. The zero-order valence-corrected chi connectivity index (χ0v) is 22.8. The van der Waals surface area contributed by atoms with Gasteiger partial charge in [-0.25, -0.2) is 0 Å². The van der Waals surface area contributed by atoms with Gasteiger partial charge in [0.2, 0.25) is 0 Å². The van der Waals surface area contributed by atoms with Crippen LogP contribution in [0.2, 0.25) is 0 Å². The van der Waals surface area contributed by atoms with Crippen molar-refractivity contribution >= 4 is 5.97 Å². The summed E-state index contributed by atoms with van der Waals surface area (Å²) in [4.78, 5) is 10.9. The van der Waals surface area contributed by atoms with Crippen LogP contribution < -0.4 is 0 Å². The van der Waals surface area contributed by atoms with Gasteiger partial charge in [-0.1, -0.05) is 151 Å². The van der Waals surface area contributed by atoms with Crippen LogP contribution in [0, 0.1) is 0 Å². The first kappa shape index (κ1) is 36.8. The molecule has 0 bridgehead atoms. The molecule has 0 amide bonds. The quantitative estimate of drug-likeness (QED) is 0.180. The number of ether oxygens (including phenoxy) is 1. The van der Waals surface area contributed by atoms with Crippen LogP contribution in [-0.2, 0) is 9.53 Å². The molecule has 0 N–H and O–H groups in total. The number of carbonyl (C=O) groups excluding carboxylic acids is 1. The van der Waals surface area contributed by atoms with Gasteiger partial charge in [0, 0.05) is 6.42 Å². The van der Waals surface area contributed by atoms with Crippen LogP contribution in [0.4, 0.5) is 0 Å². The molecule has 0 unspecified atom stereocenters. The molecule has 0 heterocycles. The highest BCUT2D eigenvalue weighted by Gasteiger charge is 1.99. The second kappa shape index (κ2) is 42.5. The molecule has 0 spiro atoms. The van der Waals surface area contributed by atoms with Crippen molar-refractivity contribution in [3.63, 3.8) is 0 Å². The molecule has 30 heavy (non-hydrogen) atoms. The van der Waals surface area contributed by atoms with E-state index in [4.69, 9.17) is 4.74 Å². The molecular formula is C28H62O2. The van der Waals surface area contributed by atoms with Gasteiger partial charge in [0.1, 0.15) is 0 Å². The van der Waals surface area contributed by atoms with E-state index in [1.54, 1.807) is 0 Å². The van der Waals surface area contributed by atoms with E-state index in [2.05, 4.69) is 48.5 Å². The molecule has 0 aliphatic heterocycles. The van der Waals surface area contributed by atoms with Crippen molar-refractivity contribution in [2.75, 3.05) is 6.61 Å². The fraction of sp³-hybridized carbons (Fsp3) is 0.964. The smallest absolute Gasteiger partial charge is 0.305 e.